The fourth-order valence-corrected chi connectivity index (χ4v) is 3.84. The fourth-order valence-electron chi connectivity index (χ4n) is 2.07. The third-order valence-electron chi connectivity index (χ3n) is 3.62. The Morgan fingerprint density at radius 1 is 0.955 bits per heavy atom. The lowest BCUT2D eigenvalue weighted by Crippen LogP contribution is -2.39. The Kier molecular flexibility index (Phi) is 4.80. The average Bonchev–Trinajstić information content (AvgIpc) is 2.48. The number of allylic oxidation sites excluding steroid dienone is 2. The second-order valence-electron chi connectivity index (χ2n) is 5.18. The van der Waals surface area contributed by atoms with Gasteiger partial charge in [-0.25, -0.2) is 0 Å². The molecule has 118 valence electrons. The molecule has 0 aromatic heterocycles. The summed E-state index contributed by atoms with van der Waals surface area (Å²) in [6, 6.07) is 6.34. The molecule has 2 rings (SSSR count). The summed E-state index contributed by atoms with van der Waals surface area (Å²) in [4.78, 5) is 12.0. The van der Waals surface area contributed by atoms with Gasteiger partial charge in [0, 0.05) is 0 Å². The third-order valence-corrected chi connectivity index (χ3v) is 5.97. The van der Waals surface area contributed by atoms with E-state index in [1.165, 1.54) is 12.1 Å². The first-order valence-corrected chi connectivity index (χ1v) is 8.88. The molecule has 0 spiro atoms. The van der Waals surface area contributed by atoms with Crippen LogP contribution in [0, 0.1) is 6.92 Å². The lowest BCUT2D eigenvalue weighted by Gasteiger charge is -2.25. The maximum absolute atomic E-state index is 12.4. The Bertz CT molecular complexity index is 780. The zero-order valence-corrected chi connectivity index (χ0v) is 14.6. The molecule has 0 saturated heterocycles. The topological polar surface area (TPSA) is 63.6 Å². The second-order valence-corrected chi connectivity index (χ2v) is 7.73. The Balaban J connectivity index is 2.55. The van der Waals surface area contributed by atoms with E-state index in [1.807, 2.05) is 6.92 Å². The van der Waals surface area contributed by atoms with Gasteiger partial charge in [-0.2, -0.15) is 12.8 Å². The van der Waals surface area contributed by atoms with Gasteiger partial charge in [-0.15, -0.1) is 23.2 Å². The fraction of sp³-hybridized carbons (Fsp3) is 0.333. The largest absolute Gasteiger partial charge is 0.293 e. The molecule has 1 aromatic rings. The number of aryl methyl sites for hydroxylation is 1. The molecule has 0 N–H and O–H groups in total. The summed E-state index contributed by atoms with van der Waals surface area (Å²) in [7, 11) is -3.91. The SMILES string of the molecule is CC1=C(C)C(=NS(=O)(=O)c2ccc(C)cc2)[C@@H](Cl)[C@H](Cl)C1=O. The van der Waals surface area contributed by atoms with Gasteiger partial charge < -0.3 is 0 Å². The van der Waals surface area contributed by atoms with Crippen LogP contribution in [0.25, 0.3) is 0 Å². The van der Waals surface area contributed by atoms with E-state index in [0.717, 1.165) is 5.56 Å². The maximum Gasteiger partial charge on any atom is 0.282 e. The highest BCUT2D eigenvalue weighted by Gasteiger charge is 2.37. The van der Waals surface area contributed by atoms with E-state index in [2.05, 4.69) is 4.40 Å². The van der Waals surface area contributed by atoms with Crippen LogP contribution in [0.3, 0.4) is 0 Å². The standard InChI is InChI=1S/C15H15Cl2NO3S/c1-8-4-6-11(7-5-8)22(20,21)18-14-9(2)10(3)15(19)13(17)12(14)16/h4-7,12-13H,1-3H3/t12-,13-/m0/s1. The molecule has 1 aliphatic rings. The van der Waals surface area contributed by atoms with Gasteiger partial charge in [0.15, 0.2) is 5.78 Å². The highest BCUT2D eigenvalue weighted by molar-refractivity contribution is 7.90. The summed E-state index contributed by atoms with van der Waals surface area (Å²) in [5.74, 6) is -0.300. The summed E-state index contributed by atoms with van der Waals surface area (Å²) in [5, 5.41) is -1.99. The molecule has 1 aliphatic carbocycles. The Morgan fingerprint density at radius 3 is 2.05 bits per heavy atom. The third kappa shape index (κ3) is 3.12. The number of alkyl halides is 2. The number of ketones is 1. The molecule has 7 heteroatoms. The lowest BCUT2D eigenvalue weighted by molar-refractivity contribution is -0.115. The normalized spacial score (nSPS) is 25.0. The molecule has 0 bridgehead atoms. The number of nitrogens with zero attached hydrogens (tertiary/aromatic N) is 1. The molecule has 22 heavy (non-hydrogen) atoms. The van der Waals surface area contributed by atoms with Gasteiger partial charge in [-0.1, -0.05) is 17.7 Å². The van der Waals surface area contributed by atoms with Crippen molar-refractivity contribution in [3.8, 4) is 0 Å². The van der Waals surface area contributed by atoms with Crippen LogP contribution in [0.15, 0.2) is 44.7 Å². The number of hydrogen-bond acceptors (Lipinski definition) is 3. The van der Waals surface area contributed by atoms with Gasteiger partial charge in [-0.05, 0) is 44.1 Å². The number of benzene rings is 1. The van der Waals surface area contributed by atoms with Crippen molar-refractivity contribution in [1.82, 2.24) is 0 Å². The predicted octanol–water partition coefficient (Wildman–Crippen LogP) is 3.26. The summed E-state index contributed by atoms with van der Waals surface area (Å²) in [6.45, 7) is 5.07. The minimum atomic E-state index is -3.91. The molecule has 0 fully saturated rings. The summed E-state index contributed by atoms with van der Waals surface area (Å²) in [6.07, 6.45) is 0. The highest BCUT2D eigenvalue weighted by atomic mass is 35.5. The minimum Gasteiger partial charge on any atom is -0.293 e. The van der Waals surface area contributed by atoms with Crippen molar-refractivity contribution in [2.24, 2.45) is 4.40 Å². The number of hydrogen-bond donors (Lipinski definition) is 0. The van der Waals surface area contributed by atoms with E-state index in [1.54, 1.807) is 26.0 Å². The van der Waals surface area contributed by atoms with E-state index < -0.39 is 20.8 Å². The van der Waals surface area contributed by atoms with E-state index in [9.17, 15) is 13.2 Å². The van der Waals surface area contributed by atoms with Crippen LogP contribution in [-0.2, 0) is 14.8 Å². The molecule has 0 amide bonds. The molecule has 0 aliphatic heterocycles. The number of halogens is 2. The zero-order chi connectivity index (χ0) is 16.7. The van der Waals surface area contributed by atoms with E-state index >= 15 is 0 Å². The summed E-state index contributed by atoms with van der Waals surface area (Å²) < 4.78 is 28.6. The predicted molar refractivity (Wildman–Crippen MR) is 88.5 cm³/mol. The molecular weight excluding hydrogens is 345 g/mol. The van der Waals surface area contributed by atoms with Crippen LogP contribution < -0.4 is 0 Å². The van der Waals surface area contributed by atoms with E-state index in [4.69, 9.17) is 23.2 Å². The Hall–Kier alpha value is -1.17. The first kappa shape index (κ1) is 17.2. The van der Waals surface area contributed by atoms with Crippen LogP contribution in [-0.4, -0.2) is 30.7 Å². The van der Waals surface area contributed by atoms with Gasteiger partial charge in [0.2, 0.25) is 0 Å². The smallest absolute Gasteiger partial charge is 0.282 e. The maximum atomic E-state index is 12.4. The average molecular weight is 360 g/mol. The van der Waals surface area contributed by atoms with Crippen LogP contribution >= 0.6 is 23.2 Å². The lowest BCUT2D eigenvalue weighted by atomic mass is 9.90. The highest BCUT2D eigenvalue weighted by Crippen LogP contribution is 2.29. The number of Topliss-reactive ketones (excluding diaryl/α,β-unsaturated/α-hetero) is 1. The monoisotopic (exact) mass is 359 g/mol. The van der Waals surface area contributed by atoms with Crippen molar-refractivity contribution < 1.29 is 13.2 Å². The van der Waals surface area contributed by atoms with Crippen molar-refractivity contribution in [2.45, 2.75) is 36.4 Å². The van der Waals surface area contributed by atoms with E-state index in [0.29, 0.717) is 11.1 Å². The van der Waals surface area contributed by atoms with Gasteiger partial charge in [-0.3, -0.25) is 4.79 Å². The Morgan fingerprint density at radius 2 is 1.50 bits per heavy atom. The first-order chi connectivity index (χ1) is 10.1. The molecule has 0 radical (unpaired) electrons. The van der Waals surface area contributed by atoms with Gasteiger partial charge in [0.25, 0.3) is 10.0 Å². The molecule has 0 heterocycles. The second kappa shape index (κ2) is 6.14. The van der Waals surface area contributed by atoms with Crippen molar-refractivity contribution >= 4 is 44.7 Å². The quantitative estimate of drug-likeness (QED) is 0.761. The zero-order valence-electron chi connectivity index (χ0n) is 12.3. The first-order valence-electron chi connectivity index (χ1n) is 6.57. The van der Waals surface area contributed by atoms with Crippen LogP contribution in [0.2, 0.25) is 0 Å². The van der Waals surface area contributed by atoms with Gasteiger partial charge >= 0.3 is 0 Å². The van der Waals surface area contributed by atoms with Crippen molar-refractivity contribution in [3.63, 3.8) is 0 Å². The number of carbonyl (C=O) groups is 1. The van der Waals surface area contributed by atoms with Crippen molar-refractivity contribution in [1.29, 1.82) is 0 Å². The van der Waals surface area contributed by atoms with E-state index in [-0.39, 0.29) is 16.4 Å². The summed E-state index contributed by atoms with van der Waals surface area (Å²) in [5.41, 5.74) is 1.91. The van der Waals surface area contributed by atoms with Gasteiger partial charge in [0.05, 0.1) is 10.6 Å². The molecule has 4 nitrogen and oxygen atoms in total. The van der Waals surface area contributed by atoms with Crippen LogP contribution in [0.5, 0.6) is 0 Å². The van der Waals surface area contributed by atoms with Gasteiger partial charge in [0.1, 0.15) is 10.8 Å². The number of sulfonamides is 1. The van der Waals surface area contributed by atoms with Crippen LogP contribution in [0.1, 0.15) is 19.4 Å². The van der Waals surface area contributed by atoms with Crippen molar-refractivity contribution in [2.75, 3.05) is 0 Å². The summed E-state index contributed by atoms with van der Waals surface area (Å²) >= 11 is 12.1. The van der Waals surface area contributed by atoms with Crippen molar-refractivity contribution in [3.05, 3.63) is 41.0 Å². The van der Waals surface area contributed by atoms with Crippen LogP contribution in [0.4, 0.5) is 0 Å². The number of rotatable bonds is 2. The molecule has 1 aromatic carbocycles. The molecule has 2 atom stereocenters. The molecule has 0 unspecified atom stereocenters. The minimum absolute atomic E-state index is 0.0722. The molecule has 0 saturated carbocycles. The number of carbonyl (C=O) groups excluding carboxylic acids is 1. The molecular formula is C15H15Cl2NO3S. The Labute approximate surface area is 139 Å².